The zero-order valence-corrected chi connectivity index (χ0v) is 11.8. The van der Waals surface area contributed by atoms with Gasteiger partial charge in [-0.25, -0.2) is 8.42 Å². The predicted octanol–water partition coefficient (Wildman–Crippen LogP) is 1.08. The van der Waals surface area contributed by atoms with Gasteiger partial charge >= 0.3 is 5.97 Å². The van der Waals surface area contributed by atoms with Gasteiger partial charge in [-0.15, -0.1) is 0 Å². The number of ether oxygens (including phenoxy) is 1. The standard InChI is InChI=1S/C12H17NO5S/c1-8(2)11(12(14)15)13-19(16,17)10-6-4-5-9(7-10)18-3/h4-8,11,13H,1-3H3,(H,14,15)/t11-/m0/s1. The molecule has 0 radical (unpaired) electrons. The summed E-state index contributed by atoms with van der Waals surface area (Å²) in [6.07, 6.45) is 0. The highest BCUT2D eigenvalue weighted by atomic mass is 32.2. The fourth-order valence-electron chi connectivity index (χ4n) is 1.48. The minimum absolute atomic E-state index is 0.0289. The summed E-state index contributed by atoms with van der Waals surface area (Å²) in [5, 5.41) is 9.00. The molecule has 0 saturated heterocycles. The van der Waals surface area contributed by atoms with Crippen molar-refractivity contribution in [1.29, 1.82) is 0 Å². The molecule has 0 heterocycles. The number of aliphatic carboxylic acids is 1. The first-order valence-electron chi connectivity index (χ1n) is 5.67. The molecule has 19 heavy (non-hydrogen) atoms. The van der Waals surface area contributed by atoms with E-state index >= 15 is 0 Å². The van der Waals surface area contributed by atoms with E-state index in [9.17, 15) is 13.2 Å². The van der Waals surface area contributed by atoms with E-state index in [0.29, 0.717) is 5.75 Å². The van der Waals surface area contributed by atoms with Gasteiger partial charge in [0.15, 0.2) is 0 Å². The first-order chi connectivity index (χ1) is 8.77. The van der Waals surface area contributed by atoms with E-state index in [1.807, 2.05) is 0 Å². The Labute approximate surface area is 112 Å². The van der Waals surface area contributed by atoms with E-state index in [2.05, 4.69) is 4.72 Å². The number of nitrogens with one attached hydrogen (secondary N) is 1. The van der Waals surface area contributed by atoms with E-state index in [1.54, 1.807) is 19.9 Å². The van der Waals surface area contributed by atoms with Crippen molar-refractivity contribution >= 4 is 16.0 Å². The second-order valence-electron chi connectivity index (χ2n) is 4.36. The lowest BCUT2D eigenvalue weighted by Crippen LogP contribution is -2.44. The van der Waals surface area contributed by atoms with E-state index < -0.39 is 22.0 Å². The van der Waals surface area contributed by atoms with Crippen LogP contribution in [0.3, 0.4) is 0 Å². The number of hydrogen-bond acceptors (Lipinski definition) is 4. The number of carboxylic acid groups (broad SMARTS) is 1. The zero-order chi connectivity index (χ0) is 14.6. The number of benzene rings is 1. The molecule has 0 aromatic heterocycles. The molecule has 6 nitrogen and oxygen atoms in total. The van der Waals surface area contributed by atoms with Gasteiger partial charge in [0.05, 0.1) is 12.0 Å². The fraction of sp³-hybridized carbons (Fsp3) is 0.417. The summed E-state index contributed by atoms with van der Waals surface area (Å²) in [4.78, 5) is 11.0. The smallest absolute Gasteiger partial charge is 0.322 e. The summed E-state index contributed by atoms with van der Waals surface area (Å²) in [7, 11) is -2.47. The molecule has 2 N–H and O–H groups in total. The van der Waals surface area contributed by atoms with Crippen LogP contribution in [0.2, 0.25) is 0 Å². The van der Waals surface area contributed by atoms with Crippen molar-refractivity contribution in [3.63, 3.8) is 0 Å². The molecule has 106 valence electrons. The third-order valence-electron chi connectivity index (χ3n) is 2.57. The van der Waals surface area contributed by atoms with Crippen molar-refractivity contribution < 1.29 is 23.1 Å². The Morgan fingerprint density at radius 2 is 2.00 bits per heavy atom. The molecule has 7 heteroatoms. The number of sulfonamides is 1. The summed E-state index contributed by atoms with van der Waals surface area (Å²) < 4.78 is 31.3. The molecule has 1 aromatic carbocycles. The monoisotopic (exact) mass is 287 g/mol. The van der Waals surface area contributed by atoms with Crippen molar-refractivity contribution in [1.82, 2.24) is 4.72 Å². The summed E-state index contributed by atoms with van der Waals surface area (Å²) in [6, 6.07) is 4.68. The highest BCUT2D eigenvalue weighted by Crippen LogP contribution is 2.18. The Morgan fingerprint density at radius 3 is 2.47 bits per heavy atom. The van der Waals surface area contributed by atoms with Crippen molar-refractivity contribution in [2.75, 3.05) is 7.11 Å². The van der Waals surface area contributed by atoms with Crippen LogP contribution in [-0.2, 0) is 14.8 Å². The summed E-state index contributed by atoms with van der Waals surface area (Å²) in [6.45, 7) is 3.26. The van der Waals surface area contributed by atoms with Gasteiger partial charge in [-0.3, -0.25) is 4.79 Å². The van der Waals surface area contributed by atoms with E-state index in [-0.39, 0.29) is 10.8 Å². The van der Waals surface area contributed by atoms with Crippen molar-refractivity contribution in [2.24, 2.45) is 5.92 Å². The van der Waals surface area contributed by atoms with E-state index in [4.69, 9.17) is 9.84 Å². The Morgan fingerprint density at radius 1 is 1.37 bits per heavy atom. The molecule has 0 aliphatic rings. The molecule has 0 saturated carbocycles. The maximum absolute atomic E-state index is 12.1. The van der Waals surface area contributed by atoms with Crippen molar-refractivity contribution in [3.8, 4) is 5.75 Å². The lowest BCUT2D eigenvalue weighted by atomic mass is 10.1. The second kappa shape index (κ2) is 6.03. The van der Waals surface area contributed by atoms with Gasteiger partial charge in [0, 0.05) is 6.07 Å². The largest absolute Gasteiger partial charge is 0.497 e. The maximum Gasteiger partial charge on any atom is 0.322 e. The summed E-state index contributed by atoms with van der Waals surface area (Å²) in [5.41, 5.74) is 0. The van der Waals surface area contributed by atoms with Gasteiger partial charge in [-0.2, -0.15) is 4.72 Å². The molecule has 0 aliphatic carbocycles. The minimum atomic E-state index is -3.89. The Kier molecular flexibility index (Phi) is 4.90. The summed E-state index contributed by atoms with van der Waals surface area (Å²) >= 11 is 0. The van der Waals surface area contributed by atoms with Crippen LogP contribution in [0.15, 0.2) is 29.2 Å². The number of hydrogen-bond donors (Lipinski definition) is 2. The molecule has 1 atom stereocenters. The molecule has 1 rings (SSSR count). The molecule has 0 bridgehead atoms. The molecular formula is C12H17NO5S. The average Bonchev–Trinajstić information content (AvgIpc) is 2.35. The number of rotatable bonds is 6. The molecule has 0 unspecified atom stereocenters. The van der Waals surface area contributed by atoms with Crippen LogP contribution in [0.25, 0.3) is 0 Å². The lowest BCUT2D eigenvalue weighted by molar-refractivity contribution is -0.140. The Hall–Kier alpha value is -1.60. The second-order valence-corrected chi connectivity index (χ2v) is 6.07. The Balaban J connectivity index is 3.06. The predicted molar refractivity (Wildman–Crippen MR) is 69.6 cm³/mol. The van der Waals surface area contributed by atoms with Crippen LogP contribution in [0.5, 0.6) is 5.75 Å². The van der Waals surface area contributed by atoms with Crippen LogP contribution >= 0.6 is 0 Å². The third kappa shape index (κ3) is 3.93. The van der Waals surface area contributed by atoms with Gasteiger partial charge < -0.3 is 9.84 Å². The number of carboxylic acids is 1. The normalized spacial score (nSPS) is 13.3. The van der Waals surface area contributed by atoms with Gasteiger partial charge in [0.1, 0.15) is 11.8 Å². The van der Waals surface area contributed by atoms with Crippen LogP contribution in [0.1, 0.15) is 13.8 Å². The SMILES string of the molecule is COc1cccc(S(=O)(=O)N[C@H](C(=O)O)C(C)C)c1. The van der Waals surface area contributed by atoms with Crippen LogP contribution < -0.4 is 9.46 Å². The Bertz CT molecular complexity index is 553. The van der Waals surface area contributed by atoms with Gasteiger partial charge in [0.2, 0.25) is 10.0 Å². The third-order valence-corrected chi connectivity index (χ3v) is 4.01. The van der Waals surface area contributed by atoms with Gasteiger partial charge in [-0.1, -0.05) is 19.9 Å². The molecule has 0 fully saturated rings. The minimum Gasteiger partial charge on any atom is -0.497 e. The maximum atomic E-state index is 12.1. The van der Waals surface area contributed by atoms with Gasteiger partial charge in [-0.05, 0) is 18.1 Å². The average molecular weight is 287 g/mol. The van der Waals surface area contributed by atoms with Gasteiger partial charge in [0.25, 0.3) is 0 Å². The lowest BCUT2D eigenvalue weighted by Gasteiger charge is -2.18. The van der Waals surface area contributed by atoms with Crippen LogP contribution in [0.4, 0.5) is 0 Å². The molecule has 0 amide bonds. The first-order valence-corrected chi connectivity index (χ1v) is 7.15. The van der Waals surface area contributed by atoms with E-state index in [1.165, 1.54) is 25.3 Å². The number of carbonyl (C=O) groups is 1. The zero-order valence-electron chi connectivity index (χ0n) is 11.0. The van der Waals surface area contributed by atoms with Crippen molar-refractivity contribution in [2.45, 2.75) is 24.8 Å². The van der Waals surface area contributed by atoms with Crippen LogP contribution in [0, 0.1) is 5.92 Å². The van der Waals surface area contributed by atoms with E-state index in [0.717, 1.165) is 0 Å². The molecule has 1 aromatic rings. The quantitative estimate of drug-likeness (QED) is 0.816. The highest BCUT2D eigenvalue weighted by molar-refractivity contribution is 7.89. The summed E-state index contributed by atoms with van der Waals surface area (Å²) in [5.74, 6) is -1.18. The molecule has 0 aliphatic heterocycles. The van der Waals surface area contributed by atoms with Crippen LogP contribution in [-0.4, -0.2) is 32.6 Å². The highest BCUT2D eigenvalue weighted by Gasteiger charge is 2.28. The van der Waals surface area contributed by atoms with Crippen molar-refractivity contribution in [3.05, 3.63) is 24.3 Å². The molecular weight excluding hydrogens is 270 g/mol. The fourth-order valence-corrected chi connectivity index (χ4v) is 2.85. The number of methoxy groups -OCH3 is 1. The first kappa shape index (κ1) is 15.5. The topological polar surface area (TPSA) is 92.7 Å². The molecule has 0 spiro atoms.